The minimum Gasteiger partial charge on any atom is -0.466 e. The maximum atomic E-state index is 14.1. The van der Waals surface area contributed by atoms with Crippen molar-refractivity contribution < 1.29 is 36.6 Å². The predicted molar refractivity (Wildman–Crippen MR) is 82.9 cm³/mol. The van der Waals surface area contributed by atoms with Gasteiger partial charge in [-0.3, -0.25) is 0 Å². The van der Waals surface area contributed by atoms with Crippen LogP contribution in [0.25, 0.3) is 0 Å². The average molecular weight is 375 g/mol. The van der Waals surface area contributed by atoms with Crippen molar-refractivity contribution in [1.29, 1.82) is 0 Å². The number of rotatable bonds is 5. The minimum atomic E-state index is -4.12. The zero-order valence-electron chi connectivity index (χ0n) is 13.7. The number of halogens is 1. The third-order valence-corrected chi connectivity index (χ3v) is 5.49. The highest BCUT2D eigenvalue weighted by Crippen LogP contribution is 2.22. The van der Waals surface area contributed by atoms with E-state index in [4.69, 9.17) is 9.47 Å². The van der Waals surface area contributed by atoms with Crippen molar-refractivity contribution in [2.45, 2.75) is 17.9 Å². The molecule has 1 aliphatic rings. The Morgan fingerprint density at radius 1 is 1.28 bits per heavy atom. The van der Waals surface area contributed by atoms with Crippen molar-refractivity contribution in [3.05, 3.63) is 29.6 Å². The van der Waals surface area contributed by atoms with E-state index in [2.05, 4.69) is 4.74 Å². The number of sulfonamides is 1. The van der Waals surface area contributed by atoms with Gasteiger partial charge in [0.2, 0.25) is 10.0 Å². The van der Waals surface area contributed by atoms with Gasteiger partial charge in [-0.25, -0.2) is 22.4 Å². The van der Waals surface area contributed by atoms with Gasteiger partial charge in [-0.15, -0.1) is 0 Å². The van der Waals surface area contributed by atoms with Gasteiger partial charge in [0, 0.05) is 13.1 Å². The number of nitrogens with zero attached hydrogens (tertiary/aromatic N) is 1. The molecule has 1 aromatic rings. The number of ether oxygens (including phenoxy) is 3. The van der Waals surface area contributed by atoms with Crippen LogP contribution in [0.3, 0.4) is 0 Å². The summed E-state index contributed by atoms with van der Waals surface area (Å²) in [6.07, 6.45) is -1.18. The SMILES string of the molecule is COC(=O)C(C)OC(=O)c1ccc(F)c(S(=O)(=O)N2CCOCC2)c1. The van der Waals surface area contributed by atoms with Crippen LogP contribution in [-0.2, 0) is 29.0 Å². The summed E-state index contributed by atoms with van der Waals surface area (Å²) in [5.41, 5.74) is -0.191. The first-order valence-corrected chi connectivity index (χ1v) is 8.87. The molecule has 0 bridgehead atoms. The number of methoxy groups -OCH3 is 1. The Labute approximate surface area is 144 Å². The third kappa shape index (κ3) is 4.33. The maximum Gasteiger partial charge on any atom is 0.346 e. The molecular weight excluding hydrogens is 357 g/mol. The van der Waals surface area contributed by atoms with Gasteiger partial charge < -0.3 is 14.2 Å². The molecule has 1 fully saturated rings. The van der Waals surface area contributed by atoms with E-state index in [9.17, 15) is 22.4 Å². The number of benzene rings is 1. The summed E-state index contributed by atoms with van der Waals surface area (Å²) in [7, 11) is -2.98. The van der Waals surface area contributed by atoms with Gasteiger partial charge >= 0.3 is 11.9 Å². The fraction of sp³-hybridized carbons (Fsp3) is 0.467. The van der Waals surface area contributed by atoms with Crippen LogP contribution in [0, 0.1) is 5.82 Å². The van der Waals surface area contributed by atoms with Crippen LogP contribution in [0.4, 0.5) is 4.39 Å². The molecule has 0 aromatic heterocycles. The van der Waals surface area contributed by atoms with Crippen molar-refractivity contribution in [2.24, 2.45) is 0 Å². The lowest BCUT2D eigenvalue weighted by molar-refractivity contribution is -0.149. The van der Waals surface area contributed by atoms with E-state index in [0.29, 0.717) is 0 Å². The molecule has 10 heteroatoms. The van der Waals surface area contributed by atoms with Crippen LogP contribution >= 0.6 is 0 Å². The molecule has 1 unspecified atom stereocenters. The number of hydrogen-bond acceptors (Lipinski definition) is 7. The molecular formula is C15H18FNO7S. The zero-order chi connectivity index (χ0) is 18.6. The summed E-state index contributed by atoms with van der Waals surface area (Å²) >= 11 is 0. The summed E-state index contributed by atoms with van der Waals surface area (Å²) in [6.45, 7) is 1.91. The molecule has 1 aliphatic heterocycles. The number of morpholine rings is 1. The number of carbonyl (C=O) groups is 2. The highest BCUT2D eigenvalue weighted by molar-refractivity contribution is 7.89. The zero-order valence-corrected chi connectivity index (χ0v) is 14.5. The van der Waals surface area contributed by atoms with Crippen molar-refractivity contribution in [3.8, 4) is 0 Å². The monoisotopic (exact) mass is 375 g/mol. The molecule has 0 spiro atoms. The van der Waals surface area contributed by atoms with Gasteiger partial charge in [-0.1, -0.05) is 0 Å². The maximum absolute atomic E-state index is 14.1. The van der Waals surface area contributed by atoms with Gasteiger partial charge in [-0.2, -0.15) is 4.31 Å². The molecule has 0 radical (unpaired) electrons. The van der Waals surface area contributed by atoms with E-state index >= 15 is 0 Å². The highest BCUT2D eigenvalue weighted by atomic mass is 32.2. The van der Waals surface area contributed by atoms with Crippen LogP contribution in [0.2, 0.25) is 0 Å². The van der Waals surface area contributed by atoms with Crippen LogP contribution in [0.1, 0.15) is 17.3 Å². The van der Waals surface area contributed by atoms with Gasteiger partial charge in [-0.05, 0) is 25.1 Å². The standard InChI is InChI=1S/C15H18FNO7S/c1-10(14(18)22-2)24-15(19)11-3-4-12(16)13(9-11)25(20,21)17-5-7-23-8-6-17/h3-4,9-10H,5-8H2,1-2H3. The number of hydrogen-bond donors (Lipinski definition) is 0. The van der Waals surface area contributed by atoms with Crippen LogP contribution in [-0.4, -0.2) is 64.2 Å². The topological polar surface area (TPSA) is 99.2 Å². The van der Waals surface area contributed by atoms with Crippen molar-refractivity contribution in [3.63, 3.8) is 0 Å². The van der Waals surface area contributed by atoms with Gasteiger partial charge in [0.05, 0.1) is 25.9 Å². The molecule has 1 saturated heterocycles. The largest absolute Gasteiger partial charge is 0.466 e. The fourth-order valence-electron chi connectivity index (χ4n) is 2.20. The lowest BCUT2D eigenvalue weighted by Crippen LogP contribution is -2.41. The van der Waals surface area contributed by atoms with Gasteiger partial charge in [0.25, 0.3) is 0 Å². The van der Waals surface area contributed by atoms with Gasteiger partial charge in [0.1, 0.15) is 10.7 Å². The molecule has 138 valence electrons. The first-order valence-electron chi connectivity index (χ1n) is 7.43. The third-order valence-electron chi connectivity index (χ3n) is 3.57. The van der Waals surface area contributed by atoms with E-state index < -0.39 is 38.8 Å². The van der Waals surface area contributed by atoms with E-state index in [1.165, 1.54) is 6.92 Å². The summed E-state index contributed by atoms with van der Waals surface area (Å²) < 4.78 is 54.7. The molecule has 1 atom stereocenters. The molecule has 2 rings (SSSR count). The Balaban J connectivity index is 2.28. The van der Waals surface area contributed by atoms with Crippen LogP contribution in [0.15, 0.2) is 23.1 Å². The van der Waals surface area contributed by atoms with Crippen molar-refractivity contribution in [1.82, 2.24) is 4.31 Å². The van der Waals surface area contributed by atoms with E-state index in [1.54, 1.807) is 0 Å². The fourth-order valence-corrected chi connectivity index (χ4v) is 3.70. The molecule has 0 N–H and O–H groups in total. The quantitative estimate of drug-likeness (QED) is 0.694. The molecule has 25 heavy (non-hydrogen) atoms. The second-order valence-electron chi connectivity index (χ2n) is 5.23. The van der Waals surface area contributed by atoms with Crippen molar-refractivity contribution in [2.75, 3.05) is 33.4 Å². The smallest absolute Gasteiger partial charge is 0.346 e. The van der Waals surface area contributed by atoms with E-state index in [1.807, 2.05) is 0 Å². The Kier molecular flexibility index (Phi) is 6.09. The van der Waals surface area contributed by atoms with E-state index in [0.717, 1.165) is 29.6 Å². The highest BCUT2D eigenvalue weighted by Gasteiger charge is 2.30. The van der Waals surface area contributed by atoms with E-state index in [-0.39, 0.29) is 31.9 Å². The Hall–Kier alpha value is -2.04. The molecule has 8 nitrogen and oxygen atoms in total. The Bertz CT molecular complexity index is 759. The van der Waals surface area contributed by atoms with Crippen LogP contribution < -0.4 is 0 Å². The molecule has 0 saturated carbocycles. The predicted octanol–water partition coefficient (Wildman–Crippen LogP) is 0.565. The molecule has 0 aliphatic carbocycles. The lowest BCUT2D eigenvalue weighted by atomic mass is 10.2. The summed E-state index contributed by atoms with van der Waals surface area (Å²) in [5, 5.41) is 0. The van der Waals surface area contributed by atoms with Gasteiger partial charge in [0.15, 0.2) is 6.10 Å². The number of carbonyl (C=O) groups excluding carboxylic acids is 2. The molecule has 0 amide bonds. The summed E-state index contributed by atoms with van der Waals surface area (Å²) in [5.74, 6) is -2.71. The Morgan fingerprint density at radius 3 is 2.52 bits per heavy atom. The molecule has 1 aromatic carbocycles. The molecule has 1 heterocycles. The minimum absolute atomic E-state index is 0.0931. The van der Waals surface area contributed by atoms with Crippen molar-refractivity contribution >= 4 is 22.0 Å². The number of esters is 2. The summed E-state index contributed by atoms with van der Waals surface area (Å²) in [4.78, 5) is 22.7. The first kappa shape index (κ1) is 19.3. The second kappa shape index (κ2) is 7.89. The summed E-state index contributed by atoms with van der Waals surface area (Å²) in [6, 6.07) is 2.85. The normalized spacial score (nSPS) is 16.9. The second-order valence-corrected chi connectivity index (χ2v) is 7.14. The van der Waals surface area contributed by atoms with Crippen LogP contribution in [0.5, 0.6) is 0 Å². The lowest BCUT2D eigenvalue weighted by Gasteiger charge is -2.26. The Morgan fingerprint density at radius 2 is 1.92 bits per heavy atom. The first-order chi connectivity index (χ1) is 11.8. The average Bonchev–Trinajstić information content (AvgIpc) is 2.61.